The third kappa shape index (κ3) is 7.65. The molecule has 1 aromatic heterocycles. The van der Waals surface area contributed by atoms with E-state index in [1.54, 1.807) is 23.1 Å². The summed E-state index contributed by atoms with van der Waals surface area (Å²) in [4.78, 5) is 12.5. The van der Waals surface area contributed by atoms with Gasteiger partial charge < -0.3 is 25.2 Å². The molecule has 1 saturated heterocycles. The van der Waals surface area contributed by atoms with Crippen molar-refractivity contribution in [2.75, 3.05) is 11.1 Å². The van der Waals surface area contributed by atoms with Crippen LogP contribution < -0.4 is 10.6 Å². The summed E-state index contributed by atoms with van der Waals surface area (Å²) in [6.07, 6.45) is -0.216. The first-order valence-corrected chi connectivity index (χ1v) is 14.5. The first-order chi connectivity index (χ1) is 19.1. The van der Waals surface area contributed by atoms with Gasteiger partial charge in [-0.25, -0.2) is 4.79 Å². The Morgan fingerprint density at radius 1 is 1.00 bits per heavy atom. The molecule has 10 heteroatoms. The number of aryl methyl sites for hydroxylation is 1. The van der Waals surface area contributed by atoms with Crippen LogP contribution in [0.15, 0.2) is 83.2 Å². The molecule has 5 rings (SSSR count). The lowest BCUT2D eigenvalue weighted by Crippen LogP contribution is -2.31. The van der Waals surface area contributed by atoms with Gasteiger partial charge in [-0.2, -0.15) is 0 Å². The maximum Gasteiger partial charge on any atom is 0.319 e. The fourth-order valence-electron chi connectivity index (χ4n) is 4.24. The zero-order valence-corrected chi connectivity index (χ0v) is 23.1. The molecule has 0 unspecified atom stereocenters. The zero-order valence-electron chi connectivity index (χ0n) is 21.4. The van der Waals surface area contributed by atoms with Crippen LogP contribution in [0.5, 0.6) is 0 Å². The third-order valence-electron chi connectivity index (χ3n) is 6.23. The number of carbonyl (C=O) groups excluding carboxylic acids is 1. The van der Waals surface area contributed by atoms with Gasteiger partial charge in [-0.3, -0.25) is 0 Å². The number of carbonyl (C=O) groups is 1. The summed E-state index contributed by atoms with van der Waals surface area (Å²) in [5.74, 6) is 0.708. The largest absolute Gasteiger partial charge is 0.392 e. The summed E-state index contributed by atoms with van der Waals surface area (Å²) < 4.78 is 13.8. The molecule has 4 aromatic rings. The number of amides is 2. The first kappa shape index (κ1) is 27.3. The Morgan fingerprint density at radius 3 is 2.56 bits per heavy atom. The van der Waals surface area contributed by atoms with Crippen molar-refractivity contribution in [3.05, 3.63) is 106 Å². The van der Waals surface area contributed by atoms with Crippen molar-refractivity contribution < 1.29 is 19.4 Å². The quantitative estimate of drug-likeness (QED) is 0.215. The van der Waals surface area contributed by atoms with Crippen LogP contribution >= 0.6 is 23.1 Å². The SMILES string of the molecule is Cc1nnc(SC[C@H]2C[C@@H](c3ccc(CO)cc3)O[C@@H](c3cccc(NC(=O)NCc4ccccc4)c3)O2)s1. The van der Waals surface area contributed by atoms with Crippen molar-refractivity contribution in [2.24, 2.45) is 0 Å². The number of nitrogens with one attached hydrogen (secondary N) is 2. The van der Waals surface area contributed by atoms with E-state index in [0.717, 1.165) is 31.6 Å². The number of urea groups is 1. The number of nitrogens with zero attached hydrogens (tertiary/aromatic N) is 2. The van der Waals surface area contributed by atoms with Crippen molar-refractivity contribution in [2.45, 2.75) is 49.3 Å². The fourth-order valence-corrected chi connectivity index (χ4v) is 6.10. The van der Waals surface area contributed by atoms with Crippen molar-refractivity contribution in [1.82, 2.24) is 15.5 Å². The molecule has 2 amide bonds. The van der Waals surface area contributed by atoms with Gasteiger partial charge in [-0.05, 0) is 35.7 Å². The second-order valence-corrected chi connectivity index (χ2v) is 11.6. The van der Waals surface area contributed by atoms with Gasteiger partial charge in [0.1, 0.15) is 5.01 Å². The second kappa shape index (κ2) is 13.2. The Labute approximate surface area is 235 Å². The summed E-state index contributed by atoms with van der Waals surface area (Å²) >= 11 is 3.20. The number of hydrogen-bond donors (Lipinski definition) is 3. The van der Waals surface area contributed by atoms with Crippen LogP contribution in [0.3, 0.4) is 0 Å². The number of ether oxygens (including phenoxy) is 2. The van der Waals surface area contributed by atoms with E-state index in [4.69, 9.17) is 9.47 Å². The van der Waals surface area contributed by atoms with Gasteiger partial charge in [-0.15, -0.1) is 10.2 Å². The van der Waals surface area contributed by atoms with E-state index in [1.165, 1.54) is 0 Å². The molecule has 39 heavy (non-hydrogen) atoms. The van der Waals surface area contributed by atoms with Crippen LogP contribution in [0.1, 0.15) is 46.1 Å². The molecule has 2 heterocycles. The Hall–Kier alpha value is -3.28. The summed E-state index contributed by atoms with van der Waals surface area (Å²) in [6, 6.07) is 24.8. The molecule has 1 fully saturated rings. The van der Waals surface area contributed by atoms with Crippen LogP contribution in [0.2, 0.25) is 0 Å². The first-order valence-electron chi connectivity index (χ1n) is 12.7. The summed E-state index contributed by atoms with van der Waals surface area (Å²) in [5, 5.41) is 24.5. The number of benzene rings is 3. The maximum absolute atomic E-state index is 12.5. The average molecular weight is 563 g/mol. The molecule has 1 aliphatic heterocycles. The lowest BCUT2D eigenvalue weighted by molar-refractivity contribution is -0.245. The van der Waals surface area contributed by atoms with Gasteiger partial charge in [0.15, 0.2) is 10.6 Å². The van der Waals surface area contributed by atoms with Crippen LogP contribution in [-0.4, -0.2) is 33.2 Å². The topological polar surface area (TPSA) is 106 Å². The standard InChI is InChI=1S/C29H30N4O4S2/c1-19-32-33-29(39-19)38-18-25-15-26(22-12-10-21(17-34)11-13-22)37-27(36-25)23-8-5-9-24(14-23)31-28(35)30-16-20-6-3-2-4-7-20/h2-14,25-27,34H,15-18H2,1H3,(H2,30,31,35)/t25-,26+,27+/m1/s1. The molecular formula is C29H30N4O4S2. The molecule has 1 aliphatic rings. The highest BCUT2D eigenvalue weighted by Gasteiger charge is 2.32. The second-order valence-electron chi connectivity index (χ2n) is 9.17. The minimum absolute atomic E-state index is 0.00319. The Kier molecular flexibility index (Phi) is 9.23. The number of aliphatic hydroxyl groups is 1. The van der Waals surface area contributed by atoms with Gasteiger partial charge in [0.05, 0.1) is 18.8 Å². The summed E-state index contributed by atoms with van der Waals surface area (Å²) in [7, 11) is 0. The molecule has 3 atom stereocenters. The van der Waals surface area contributed by atoms with E-state index in [1.807, 2.05) is 85.8 Å². The lowest BCUT2D eigenvalue weighted by Gasteiger charge is -2.36. The molecule has 0 bridgehead atoms. The van der Waals surface area contributed by atoms with E-state index in [2.05, 4.69) is 20.8 Å². The number of aliphatic hydroxyl groups excluding tert-OH is 1. The van der Waals surface area contributed by atoms with E-state index in [0.29, 0.717) is 24.4 Å². The maximum atomic E-state index is 12.5. The molecule has 8 nitrogen and oxygen atoms in total. The fraction of sp³-hybridized carbons (Fsp3) is 0.276. The predicted molar refractivity (Wildman–Crippen MR) is 153 cm³/mol. The van der Waals surface area contributed by atoms with Crippen molar-refractivity contribution >= 4 is 34.8 Å². The van der Waals surface area contributed by atoms with E-state index in [9.17, 15) is 9.90 Å². The molecule has 0 aliphatic carbocycles. The zero-order chi connectivity index (χ0) is 27.0. The molecule has 3 N–H and O–H groups in total. The van der Waals surface area contributed by atoms with Crippen LogP contribution in [0.25, 0.3) is 0 Å². The Bertz CT molecular complexity index is 1370. The highest BCUT2D eigenvalue weighted by molar-refractivity contribution is 8.01. The number of thioether (sulfide) groups is 1. The van der Waals surface area contributed by atoms with Gasteiger partial charge >= 0.3 is 6.03 Å². The van der Waals surface area contributed by atoms with Gasteiger partial charge in [0, 0.05) is 30.0 Å². The van der Waals surface area contributed by atoms with E-state index >= 15 is 0 Å². The van der Waals surface area contributed by atoms with Crippen LogP contribution in [-0.2, 0) is 22.6 Å². The Balaban J connectivity index is 1.28. The summed E-state index contributed by atoms with van der Waals surface area (Å²) in [5.41, 5.74) is 4.36. The third-order valence-corrected chi connectivity index (χ3v) is 8.33. The van der Waals surface area contributed by atoms with Crippen molar-refractivity contribution in [3.63, 3.8) is 0 Å². The molecular weight excluding hydrogens is 532 g/mol. The van der Waals surface area contributed by atoms with Crippen molar-refractivity contribution in [3.8, 4) is 0 Å². The smallest absolute Gasteiger partial charge is 0.319 e. The highest BCUT2D eigenvalue weighted by atomic mass is 32.2. The molecule has 0 saturated carbocycles. The van der Waals surface area contributed by atoms with E-state index < -0.39 is 6.29 Å². The number of hydrogen-bond acceptors (Lipinski definition) is 8. The predicted octanol–water partition coefficient (Wildman–Crippen LogP) is 6.00. The summed E-state index contributed by atoms with van der Waals surface area (Å²) in [6.45, 7) is 2.37. The number of aromatic nitrogens is 2. The minimum Gasteiger partial charge on any atom is -0.392 e. The van der Waals surface area contributed by atoms with Gasteiger partial charge in [0.2, 0.25) is 0 Å². The van der Waals surface area contributed by atoms with Crippen LogP contribution in [0, 0.1) is 6.92 Å². The van der Waals surface area contributed by atoms with Crippen molar-refractivity contribution in [1.29, 1.82) is 0 Å². The van der Waals surface area contributed by atoms with Crippen LogP contribution in [0.4, 0.5) is 10.5 Å². The Morgan fingerprint density at radius 2 is 1.82 bits per heavy atom. The molecule has 202 valence electrons. The van der Waals surface area contributed by atoms with Gasteiger partial charge in [-0.1, -0.05) is 89.8 Å². The number of rotatable bonds is 9. The molecule has 0 spiro atoms. The lowest BCUT2D eigenvalue weighted by atomic mass is 10.0. The van der Waals surface area contributed by atoms with Gasteiger partial charge in [0.25, 0.3) is 0 Å². The van der Waals surface area contributed by atoms with E-state index in [-0.39, 0.29) is 24.8 Å². The molecule has 3 aromatic carbocycles. The minimum atomic E-state index is -0.614. The number of anilines is 1. The monoisotopic (exact) mass is 562 g/mol. The highest BCUT2D eigenvalue weighted by Crippen LogP contribution is 2.40. The molecule has 0 radical (unpaired) electrons. The normalized spacial score (nSPS) is 19.0. The average Bonchev–Trinajstić information content (AvgIpc) is 3.40.